The third-order valence-electron chi connectivity index (χ3n) is 3.65. The average Bonchev–Trinajstić information content (AvgIpc) is 2.19. The van der Waals surface area contributed by atoms with E-state index in [1.54, 1.807) is 0 Å². The number of hydrogen-bond donors (Lipinski definition) is 2. The fourth-order valence-electron chi connectivity index (χ4n) is 3.43. The minimum absolute atomic E-state index is 0.231. The number of rotatable bonds is 6. The Hall–Kier alpha value is -0.610. The number of carboxylic acids is 1. The van der Waals surface area contributed by atoms with E-state index < -0.39 is 11.6 Å². The smallest absolute Gasteiger partial charge is 0.336 e. The van der Waals surface area contributed by atoms with Gasteiger partial charge in [-0.1, -0.05) is 19.8 Å². The number of aliphatic carboxylic acids is 1. The summed E-state index contributed by atoms with van der Waals surface area (Å²) in [7, 11) is 0. The van der Waals surface area contributed by atoms with Gasteiger partial charge in [-0.2, -0.15) is 0 Å². The van der Waals surface area contributed by atoms with Crippen molar-refractivity contribution in [2.24, 2.45) is 0 Å². The maximum absolute atomic E-state index is 11.8. The van der Waals surface area contributed by atoms with Crippen LogP contribution in [-0.4, -0.2) is 34.4 Å². The fourth-order valence-corrected chi connectivity index (χ4v) is 3.43. The van der Waals surface area contributed by atoms with Crippen LogP contribution in [-0.2, 0) is 9.53 Å². The Labute approximate surface area is 116 Å². The van der Waals surface area contributed by atoms with Crippen molar-refractivity contribution in [3.8, 4) is 0 Å². The zero-order chi connectivity index (χ0) is 14.7. The van der Waals surface area contributed by atoms with Crippen molar-refractivity contribution < 1.29 is 14.6 Å². The molecule has 112 valence electrons. The predicted octanol–water partition coefficient (Wildman–Crippen LogP) is 2.96. The Bertz CT molecular complexity index is 307. The monoisotopic (exact) mass is 271 g/mol. The molecule has 1 rings (SSSR count). The Balaban J connectivity index is 2.82. The van der Waals surface area contributed by atoms with E-state index in [0.717, 1.165) is 19.3 Å². The van der Waals surface area contributed by atoms with Gasteiger partial charge in [-0.3, -0.25) is 0 Å². The second-order valence-corrected chi connectivity index (χ2v) is 7.10. The van der Waals surface area contributed by atoms with Crippen LogP contribution in [0, 0.1) is 0 Å². The average molecular weight is 271 g/mol. The molecule has 1 aliphatic rings. The van der Waals surface area contributed by atoms with Crippen molar-refractivity contribution in [3.05, 3.63) is 0 Å². The molecule has 0 amide bonds. The molecule has 4 nitrogen and oxygen atoms in total. The van der Waals surface area contributed by atoms with Crippen molar-refractivity contribution in [2.75, 3.05) is 6.61 Å². The molecule has 0 aliphatic carbocycles. The predicted molar refractivity (Wildman–Crippen MR) is 76.4 cm³/mol. The lowest BCUT2D eigenvalue weighted by Crippen LogP contribution is -2.66. The first-order valence-electron chi connectivity index (χ1n) is 7.29. The maximum Gasteiger partial charge on any atom is 0.336 e. The van der Waals surface area contributed by atoms with E-state index in [-0.39, 0.29) is 11.1 Å². The van der Waals surface area contributed by atoms with Crippen LogP contribution in [0.4, 0.5) is 0 Å². The molecule has 19 heavy (non-hydrogen) atoms. The number of unbranched alkanes of at least 4 members (excludes halogenated alkanes) is 2. The Morgan fingerprint density at radius 2 is 1.68 bits per heavy atom. The summed E-state index contributed by atoms with van der Waals surface area (Å²) in [6.45, 7) is 10.8. The lowest BCUT2D eigenvalue weighted by atomic mass is 9.72. The highest BCUT2D eigenvalue weighted by Gasteiger charge is 2.52. The van der Waals surface area contributed by atoms with Gasteiger partial charge in [0.1, 0.15) is 0 Å². The molecule has 1 fully saturated rings. The number of carbonyl (C=O) groups is 1. The lowest BCUT2D eigenvalue weighted by molar-refractivity contribution is -0.179. The SMILES string of the molecule is CCCCCOC1(C(=O)O)CC(C)(C)NC(C)(C)C1. The molecule has 0 saturated carbocycles. The van der Waals surface area contributed by atoms with Gasteiger partial charge in [0.05, 0.1) is 0 Å². The van der Waals surface area contributed by atoms with Crippen molar-refractivity contribution >= 4 is 5.97 Å². The van der Waals surface area contributed by atoms with E-state index in [1.807, 2.05) is 27.7 Å². The highest BCUT2D eigenvalue weighted by molar-refractivity contribution is 5.78. The van der Waals surface area contributed by atoms with Crippen molar-refractivity contribution in [1.82, 2.24) is 5.32 Å². The molecule has 1 aliphatic heterocycles. The van der Waals surface area contributed by atoms with Gasteiger partial charge in [0.25, 0.3) is 0 Å². The third-order valence-corrected chi connectivity index (χ3v) is 3.65. The van der Waals surface area contributed by atoms with Gasteiger partial charge >= 0.3 is 5.97 Å². The number of piperidine rings is 1. The van der Waals surface area contributed by atoms with Crippen LogP contribution in [0.5, 0.6) is 0 Å². The normalized spacial score (nSPS) is 24.1. The molecule has 0 spiro atoms. The largest absolute Gasteiger partial charge is 0.479 e. The van der Waals surface area contributed by atoms with Crippen LogP contribution in [0.15, 0.2) is 0 Å². The minimum atomic E-state index is -1.05. The highest BCUT2D eigenvalue weighted by Crippen LogP contribution is 2.38. The first-order valence-corrected chi connectivity index (χ1v) is 7.29. The van der Waals surface area contributed by atoms with Crippen molar-refractivity contribution in [1.29, 1.82) is 0 Å². The second kappa shape index (κ2) is 5.80. The number of ether oxygens (including phenoxy) is 1. The molecule has 0 bridgehead atoms. The molecular formula is C15H29NO3. The molecule has 1 saturated heterocycles. The van der Waals surface area contributed by atoms with Crippen molar-refractivity contribution in [3.63, 3.8) is 0 Å². The van der Waals surface area contributed by atoms with Gasteiger partial charge in [0.15, 0.2) is 5.60 Å². The first-order chi connectivity index (χ1) is 8.63. The Morgan fingerprint density at radius 1 is 1.16 bits per heavy atom. The molecule has 2 N–H and O–H groups in total. The number of carboxylic acid groups (broad SMARTS) is 1. The molecule has 0 atom stereocenters. The van der Waals surface area contributed by atoms with Gasteiger partial charge in [0.2, 0.25) is 0 Å². The van der Waals surface area contributed by atoms with Gasteiger partial charge < -0.3 is 15.2 Å². The lowest BCUT2D eigenvalue weighted by Gasteiger charge is -2.50. The molecule has 0 aromatic heterocycles. The van der Waals surface area contributed by atoms with Gasteiger partial charge in [-0.05, 0) is 34.1 Å². The van der Waals surface area contributed by atoms with E-state index in [4.69, 9.17) is 4.74 Å². The van der Waals surface area contributed by atoms with Crippen LogP contribution < -0.4 is 5.32 Å². The Morgan fingerprint density at radius 3 is 2.11 bits per heavy atom. The molecule has 4 heteroatoms. The standard InChI is InChI=1S/C15H29NO3/c1-6-7-8-9-19-15(12(17)18)10-13(2,3)16-14(4,5)11-15/h16H,6-11H2,1-5H3,(H,17,18). The Kier molecular flexibility index (Phi) is 5.02. The zero-order valence-electron chi connectivity index (χ0n) is 13.0. The summed E-state index contributed by atoms with van der Waals surface area (Å²) in [5, 5.41) is 13.2. The number of hydrogen-bond acceptors (Lipinski definition) is 3. The first kappa shape index (κ1) is 16.4. The maximum atomic E-state index is 11.8. The van der Waals surface area contributed by atoms with Crippen LogP contribution in [0.2, 0.25) is 0 Å². The van der Waals surface area contributed by atoms with E-state index in [1.165, 1.54) is 0 Å². The summed E-state index contributed by atoms with van der Waals surface area (Å²) in [5.41, 5.74) is -1.51. The summed E-state index contributed by atoms with van der Waals surface area (Å²) >= 11 is 0. The topological polar surface area (TPSA) is 58.6 Å². The molecule has 1 heterocycles. The quantitative estimate of drug-likeness (QED) is 0.729. The van der Waals surface area contributed by atoms with Gasteiger partial charge in [0, 0.05) is 30.5 Å². The van der Waals surface area contributed by atoms with Gasteiger partial charge in [-0.15, -0.1) is 0 Å². The third kappa shape index (κ3) is 4.46. The van der Waals surface area contributed by atoms with E-state index >= 15 is 0 Å². The number of nitrogens with one attached hydrogen (secondary N) is 1. The molecule has 0 unspecified atom stereocenters. The summed E-state index contributed by atoms with van der Waals surface area (Å²) in [5.74, 6) is -0.827. The summed E-state index contributed by atoms with van der Waals surface area (Å²) in [4.78, 5) is 11.8. The zero-order valence-corrected chi connectivity index (χ0v) is 13.0. The van der Waals surface area contributed by atoms with Crippen LogP contribution in [0.25, 0.3) is 0 Å². The van der Waals surface area contributed by atoms with E-state index in [2.05, 4.69) is 12.2 Å². The highest BCUT2D eigenvalue weighted by atomic mass is 16.5. The van der Waals surface area contributed by atoms with Crippen LogP contribution in [0.3, 0.4) is 0 Å². The molecule has 0 radical (unpaired) electrons. The van der Waals surface area contributed by atoms with Crippen LogP contribution in [0.1, 0.15) is 66.7 Å². The van der Waals surface area contributed by atoms with E-state index in [0.29, 0.717) is 19.4 Å². The minimum Gasteiger partial charge on any atom is -0.479 e. The van der Waals surface area contributed by atoms with Gasteiger partial charge in [-0.25, -0.2) is 4.79 Å². The summed E-state index contributed by atoms with van der Waals surface area (Å²) in [6, 6.07) is 0. The molecular weight excluding hydrogens is 242 g/mol. The second-order valence-electron chi connectivity index (χ2n) is 7.10. The summed E-state index contributed by atoms with van der Waals surface area (Å²) in [6.07, 6.45) is 4.14. The molecule has 0 aromatic rings. The fraction of sp³-hybridized carbons (Fsp3) is 0.933. The van der Waals surface area contributed by atoms with Crippen LogP contribution >= 0.6 is 0 Å². The summed E-state index contributed by atoms with van der Waals surface area (Å²) < 4.78 is 5.87. The molecule has 0 aromatic carbocycles. The van der Waals surface area contributed by atoms with Crippen molar-refractivity contribution in [2.45, 2.75) is 83.4 Å². The van der Waals surface area contributed by atoms with E-state index in [9.17, 15) is 9.90 Å².